The summed E-state index contributed by atoms with van der Waals surface area (Å²) in [5.41, 5.74) is 2.51. The molecule has 1 amide bonds. The van der Waals surface area contributed by atoms with E-state index in [1.165, 1.54) is 30.3 Å². The molecule has 1 atom stereocenters. The summed E-state index contributed by atoms with van der Waals surface area (Å²) in [5, 5.41) is 13.6. The Hall–Kier alpha value is -4.00. The third kappa shape index (κ3) is 7.25. The van der Waals surface area contributed by atoms with Crippen molar-refractivity contribution in [3.63, 3.8) is 0 Å². The molecule has 0 radical (unpaired) electrons. The lowest BCUT2D eigenvalue weighted by atomic mass is 10.1. The number of nitrogens with zero attached hydrogens (tertiary/aromatic N) is 3. The fraction of sp³-hybridized carbons (Fsp3) is 0.333. The minimum Gasteiger partial charge on any atom is -0.383 e. The van der Waals surface area contributed by atoms with Crippen LogP contribution < -0.4 is 15.5 Å². The van der Waals surface area contributed by atoms with Gasteiger partial charge < -0.3 is 25.2 Å². The number of hydrogen-bond acceptors (Lipinski definition) is 8. The number of methoxy groups -OCH3 is 1. The third-order valence-corrected chi connectivity index (χ3v) is 8.54. The van der Waals surface area contributed by atoms with Crippen molar-refractivity contribution in [3.05, 3.63) is 72.0 Å². The molecular weight excluding hydrogens is 559 g/mol. The Bertz CT molecular complexity index is 1660. The number of H-pyrrole nitrogens is 1. The smallest absolute Gasteiger partial charge is 0.258 e. The van der Waals surface area contributed by atoms with Crippen LogP contribution in [0.1, 0.15) is 23.7 Å². The van der Waals surface area contributed by atoms with Crippen LogP contribution in [0, 0.1) is 5.82 Å². The van der Waals surface area contributed by atoms with E-state index >= 15 is 0 Å². The average Bonchev–Trinajstić information content (AvgIpc) is 3.34. The Balaban J connectivity index is 1.63. The van der Waals surface area contributed by atoms with Crippen LogP contribution in [0.2, 0.25) is 0 Å². The maximum absolute atomic E-state index is 13.7. The zero-order valence-electron chi connectivity index (χ0n) is 24.4. The van der Waals surface area contributed by atoms with E-state index in [0.717, 1.165) is 31.3 Å². The van der Waals surface area contributed by atoms with Crippen molar-refractivity contribution in [1.82, 2.24) is 15.1 Å². The Morgan fingerprint density at radius 3 is 2.52 bits per heavy atom. The van der Waals surface area contributed by atoms with Gasteiger partial charge in [-0.2, -0.15) is 5.10 Å². The standard InChI is InChI=1S/C30H37FN6O4S/c1-20(19-41-5)32-28-17-22(37(4)15-7-14-36(2)3)10-12-25(28)30(38)33-29-26-18-24(11-13-27(26)34-35-29)42(39,40)23-9-6-8-21(31)16-23/h6,8-13,16-18,20,32H,7,14-15,19H2,1-5H3,(H2,33,34,35,38)/t20-/m1/s1. The predicted octanol–water partition coefficient (Wildman–Crippen LogP) is 4.62. The van der Waals surface area contributed by atoms with Crippen LogP contribution in [0.5, 0.6) is 0 Å². The zero-order valence-corrected chi connectivity index (χ0v) is 25.3. The van der Waals surface area contributed by atoms with Gasteiger partial charge in [0.2, 0.25) is 9.84 Å². The van der Waals surface area contributed by atoms with Crippen molar-refractivity contribution in [2.75, 3.05) is 63.5 Å². The first-order valence-electron chi connectivity index (χ1n) is 13.5. The first kappa shape index (κ1) is 30.9. The number of sulfone groups is 1. The minimum absolute atomic E-state index is 0.0464. The SMILES string of the molecule is COC[C@@H](C)Nc1cc(N(C)CCCN(C)C)ccc1C(=O)Nc1n[nH]c2ccc(S(=O)(=O)c3cccc(F)c3)cc12. The molecule has 0 aliphatic carbocycles. The Kier molecular flexibility index (Phi) is 9.81. The van der Waals surface area contributed by atoms with Crippen LogP contribution in [-0.4, -0.2) is 83.4 Å². The number of anilines is 3. The maximum Gasteiger partial charge on any atom is 0.258 e. The predicted molar refractivity (Wildman–Crippen MR) is 164 cm³/mol. The fourth-order valence-corrected chi connectivity index (χ4v) is 5.92. The molecule has 0 bridgehead atoms. The molecule has 4 rings (SSSR count). The lowest BCUT2D eigenvalue weighted by Crippen LogP contribution is -2.25. The fourth-order valence-electron chi connectivity index (χ4n) is 4.60. The normalized spacial score (nSPS) is 12.5. The van der Waals surface area contributed by atoms with Gasteiger partial charge in [-0.15, -0.1) is 0 Å². The Labute approximate surface area is 245 Å². The Morgan fingerprint density at radius 2 is 1.81 bits per heavy atom. The second-order valence-corrected chi connectivity index (χ2v) is 12.5. The highest BCUT2D eigenvalue weighted by Gasteiger charge is 2.22. The summed E-state index contributed by atoms with van der Waals surface area (Å²) in [6.45, 7) is 4.21. The van der Waals surface area contributed by atoms with Crippen molar-refractivity contribution >= 4 is 43.8 Å². The molecule has 3 aromatic carbocycles. The number of halogens is 1. The molecule has 1 aromatic heterocycles. The molecule has 0 fully saturated rings. The summed E-state index contributed by atoms with van der Waals surface area (Å²) in [4.78, 5) is 17.6. The zero-order chi connectivity index (χ0) is 30.4. The van der Waals surface area contributed by atoms with E-state index in [9.17, 15) is 17.6 Å². The summed E-state index contributed by atoms with van der Waals surface area (Å²) in [5.74, 6) is -0.897. The summed E-state index contributed by atoms with van der Waals surface area (Å²) >= 11 is 0. The summed E-state index contributed by atoms with van der Waals surface area (Å²) < 4.78 is 45.4. The van der Waals surface area contributed by atoms with Gasteiger partial charge in [0.05, 0.1) is 27.5 Å². The number of hydrogen-bond donors (Lipinski definition) is 3. The number of rotatable bonds is 13. The minimum atomic E-state index is -4.00. The number of nitrogens with one attached hydrogen (secondary N) is 3. The number of aromatic nitrogens is 2. The number of aromatic amines is 1. The Morgan fingerprint density at radius 1 is 1.05 bits per heavy atom. The van der Waals surface area contributed by atoms with Crippen molar-refractivity contribution in [2.24, 2.45) is 0 Å². The molecule has 1 heterocycles. The lowest BCUT2D eigenvalue weighted by molar-refractivity contribution is 0.102. The average molecular weight is 597 g/mol. The second kappa shape index (κ2) is 13.3. The first-order valence-corrected chi connectivity index (χ1v) is 15.0. The molecule has 0 saturated carbocycles. The molecule has 0 aliphatic rings. The highest BCUT2D eigenvalue weighted by Crippen LogP contribution is 2.30. The number of carbonyl (C=O) groups excluding carboxylic acids is 1. The number of carbonyl (C=O) groups is 1. The quantitative estimate of drug-likeness (QED) is 0.205. The van der Waals surface area contributed by atoms with Crippen LogP contribution in [0.4, 0.5) is 21.6 Å². The van der Waals surface area contributed by atoms with E-state index in [4.69, 9.17) is 4.74 Å². The van der Waals surface area contributed by atoms with Crippen molar-refractivity contribution in [1.29, 1.82) is 0 Å². The van der Waals surface area contributed by atoms with Gasteiger partial charge in [0, 0.05) is 43.5 Å². The molecule has 224 valence electrons. The van der Waals surface area contributed by atoms with Crippen LogP contribution >= 0.6 is 0 Å². The van der Waals surface area contributed by atoms with Gasteiger partial charge in [-0.25, -0.2) is 12.8 Å². The monoisotopic (exact) mass is 596 g/mol. The first-order chi connectivity index (χ1) is 20.0. The highest BCUT2D eigenvalue weighted by molar-refractivity contribution is 7.91. The number of fused-ring (bicyclic) bond motifs is 1. The van der Waals surface area contributed by atoms with Gasteiger partial charge in [-0.3, -0.25) is 9.89 Å². The molecule has 12 heteroatoms. The summed E-state index contributed by atoms with van der Waals surface area (Å²) in [6, 6.07) is 14.7. The van der Waals surface area contributed by atoms with Gasteiger partial charge in [-0.05, 0) is 88.6 Å². The molecule has 42 heavy (non-hydrogen) atoms. The van der Waals surface area contributed by atoms with E-state index in [1.54, 1.807) is 19.2 Å². The highest BCUT2D eigenvalue weighted by atomic mass is 32.2. The summed E-state index contributed by atoms with van der Waals surface area (Å²) in [7, 11) is 3.71. The molecule has 0 unspecified atom stereocenters. The second-order valence-electron chi connectivity index (χ2n) is 10.5. The van der Waals surface area contributed by atoms with Crippen LogP contribution in [0.25, 0.3) is 10.9 Å². The van der Waals surface area contributed by atoms with Crippen LogP contribution in [0.15, 0.2) is 70.5 Å². The number of amides is 1. The van der Waals surface area contributed by atoms with Crippen molar-refractivity contribution < 1.29 is 22.3 Å². The van der Waals surface area contributed by atoms with Crippen LogP contribution in [-0.2, 0) is 14.6 Å². The molecule has 0 spiro atoms. The summed E-state index contributed by atoms with van der Waals surface area (Å²) in [6.07, 6.45) is 0.984. The van der Waals surface area contributed by atoms with E-state index in [2.05, 4.69) is 30.6 Å². The topological polar surface area (TPSA) is 120 Å². The molecular formula is C30H37FN6O4S. The lowest BCUT2D eigenvalue weighted by Gasteiger charge is -2.23. The van der Waals surface area contributed by atoms with E-state index in [1.807, 2.05) is 40.2 Å². The van der Waals surface area contributed by atoms with E-state index in [0.29, 0.717) is 28.8 Å². The molecule has 0 saturated heterocycles. The number of benzene rings is 3. The van der Waals surface area contributed by atoms with E-state index < -0.39 is 21.6 Å². The van der Waals surface area contributed by atoms with Gasteiger partial charge in [0.15, 0.2) is 5.82 Å². The largest absolute Gasteiger partial charge is 0.383 e. The van der Waals surface area contributed by atoms with Crippen molar-refractivity contribution in [3.8, 4) is 0 Å². The van der Waals surface area contributed by atoms with Crippen LogP contribution in [0.3, 0.4) is 0 Å². The van der Waals surface area contributed by atoms with Gasteiger partial charge in [0.25, 0.3) is 5.91 Å². The molecule has 10 nitrogen and oxygen atoms in total. The van der Waals surface area contributed by atoms with Gasteiger partial charge in [0.1, 0.15) is 5.82 Å². The van der Waals surface area contributed by atoms with Crippen molar-refractivity contribution in [2.45, 2.75) is 29.2 Å². The third-order valence-electron chi connectivity index (χ3n) is 6.79. The molecule has 3 N–H and O–H groups in total. The van der Waals surface area contributed by atoms with Gasteiger partial charge >= 0.3 is 0 Å². The van der Waals surface area contributed by atoms with Gasteiger partial charge in [-0.1, -0.05) is 6.07 Å². The molecule has 4 aromatic rings. The number of ether oxygens (including phenoxy) is 1. The van der Waals surface area contributed by atoms with E-state index in [-0.39, 0.29) is 21.7 Å². The maximum atomic E-state index is 13.7. The molecule has 0 aliphatic heterocycles.